The quantitative estimate of drug-likeness (QED) is 0.572. The second kappa shape index (κ2) is 9.86. The molecule has 1 heterocycles. The number of carbonyl (C=O) groups is 2. The zero-order valence-corrected chi connectivity index (χ0v) is 18.3. The minimum Gasteiger partial charge on any atom is -0.458 e. The van der Waals surface area contributed by atoms with Gasteiger partial charge in [0.15, 0.2) is 0 Å². The minimum atomic E-state index is -4.64. The van der Waals surface area contributed by atoms with E-state index in [9.17, 15) is 22.8 Å². The number of urea groups is 1. The summed E-state index contributed by atoms with van der Waals surface area (Å²) in [6.45, 7) is 0.495. The highest BCUT2D eigenvalue weighted by Crippen LogP contribution is 2.36. The van der Waals surface area contributed by atoms with Gasteiger partial charge in [-0.15, -0.1) is 0 Å². The van der Waals surface area contributed by atoms with Gasteiger partial charge in [0.2, 0.25) is 0 Å². The van der Waals surface area contributed by atoms with Gasteiger partial charge in [0.25, 0.3) is 5.91 Å². The van der Waals surface area contributed by atoms with Crippen molar-refractivity contribution < 1.29 is 27.5 Å². The lowest BCUT2D eigenvalue weighted by Gasteiger charge is -2.24. The molecule has 174 valence electrons. The summed E-state index contributed by atoms with van der Waals surface area (Å²) < 4.78 is 44.7. The number of hydrogen-bond acceptors (Lipinski definition) is 4. The van der Waals surface area contributed by atoms with Gasteiger partial charge in [-0.05, 0) is 48.5 Å². The highest BCUT2D eigenvalue weighted by Gasteiger charge is 2.33. The Bertz CT molecular complexity index is 1110. The summed E-state index contributed by atoms with van der Waals surface area (Å²) in [4.78, 5) is 25.9. The predicted octanol–water partition coefficient (Wildman–Crippen LogP) is 4.84. The molecule has 0 aromatic heterocycles. The molecule has 0 fully saturated rings. The SMILES string of the molecule is CNC(=O)C1=CC(Oc2ccc(NC(=O)Nc3ccc(Cl)c(C(F)(F)F)c3)cc2)=CCN1C. The molecular formula is C22H20ClF3N4O3. The van der Waals surface area contributed by atoms with Crippen molar-refractivity contribution in [2.24, 2.45) is 0 Å². The maximum Gasteiger partial charge on any atom is 0.417 e. The van der Waals surface area contributed by atoms with Gasteiger partial charge in [-0.2, -0.15) is 13.2 Å². The number of rotatable bonds is 5. The Morgan fingerprint density at radius 1 is 1.06 bits per heavy atom. The van der Waals surface area contributed by atoms with Crippen molar-refractivity contribution in [2.75, 3.05) is 31.3 Å². The number of anilines is 2. The molecule has 2 aromatic carbocycles. The molecule has 0 saturated heterocycles. The van der Waals surface area contributed by atoms with E-state index in [4.69, 9.17) is 16.3 Å². The maximum absolute atomic E-state index is 13.0. The van der Waals surface area contributed by atoms with Crippen molar-refractivity contribution >= 4 is 34.9 Å². The van der Waals surface area contributed by atoms with E-state index in [-0.39, 0.29) is 11.6 Å². The van der Waals surface area contributed by atoms with Crippen LogP contribution < -0.4 is 20.7 Å². The first-order chi connectivity index (χ1) is 15.6. The number of halogens is 4. The number of benzene rings is 2. The predicted molar refractivity (Wildman–Crippen MR) is 119 cm³/mol. The highest BCUT2D eigenvalue weighted by molar-refractivity contribution is 6.31. The van der Waals surface area contributed by atoms with Crippen molar-refractivity contribution in [3.8, 4) is 5.75 Å². The average Bonchev–Trinajstić information content (AvgIpc) is 2.76. The third-order valence-electron chi connectivity index (χ3n) is 4.59. The van der Waals surface area contributed by atoms with Crippen molar-refractivity contribution in [3.05, 3.63) is 76.7 Å². The van der Waals surface area contributed by atoms with Crippen molar-refractivity contribution in [1.82, 2.24) is 10.2 Å². The number of carbonyl (C=O) groups excluding carboxylic acids is 2. The molecule has 3 N–H and O–H groups in total. The third-order valence-corrected chi connectivity index (χ3v) is 4.92. The van der Waals surface area contributed by atoms with Crippen LogP contribution in [0, 0.1) is 0 Å². The monoisotopic (exact) mass is 480 g/mol. The number of nitrogens with zero attached hydrogens (tertiary/aromatic N) is 1. The van der Waals surface area contributed by atoms with E-state index in [1.807, 2.05) is 6.08 Å². The van der Waals surface area contributed by atoms with Crippen LogP contribution >= 0.6 is 11.6 Å². The fourth-order valence-corrected chi connectivity index (χ4v) is 3.15. The zero-order chi connectivity index (χ0) is 24.2. The van der Waals surface area contributed by atoms with Gasteiger partial charge in [0.1, 0.15) is 17.2 Å². The number of allylic oxidation sites excluding steroid dienone is 1. The molecule has 1 aliphatic heterocycles. The molecule has 0 saturated carbocycles. The molecule has 2 aromatic rings. The largest absolute Gasteiger partial charge is 0.458 e. The summed E-state index contributed by atoms with van der Waals surface area (Å²) in [5.41, 5.74) is -0.248. The average molecular weight is 481 g/mol. The molecule has 0 atom stereocenters. The Balaban J connectivity index is 1.62. The molecule has 0 aliphatic carbocycles. The first-order valence-electron chi connectivity index (χ1n) is 9.64. The molecule has 0 spiro atoms. The van der Waals surface area contributed by atoms with Crippen molar-refractivity contribution in [1.29, 1.82) is 0 Å². The summed E-state index contributed by atoms with van der Waals surface area (Å²) in [6, 6.07) is 8.70. The van der Waals surface area contributed by atoms with E-state index in [1.54, 1.807) is 49.3 Å². The van der Waals surface area contributed by atoms with E-state index in [2.05, 4.69) is 16.0 Å². The number of ether oxygens (including phenoxy) is 1. The lowest BCUT2D eigenvalue weighted by Crippen LogP contribution is -2.33. The fourth-order valence-electron chi connectivity index (χ4n) is 2.92. The van der Waals surface area contributed by atoms with E-state index in [0.29, 0.717) is 29.4 Å². The molecule has 3 rings (SSSR count). The lowest BCUT2D eigenvalue weighted by molar-refractivity contribution is -0.137. The Morgan fingerprint density at radius 2 is 1.70 bits per heavy atom. The molecule has 33 heavy (non-hydrogen) atoms. The molecule has 0 bridgehead atoms. The summed E-state index contributed by atoms with van der Waals surface area (Å²) in [7, 11) is 3.33. The van der Waals surface area contributed by atoms with Gasteiger partial charge >= 0.3 is 12.2 Å². The normalized spacial score (nSPS) is 13.6. The van der Waals surface area contributed by atoms with E-state index in [0.717, 1.165) is 12.1 Å². The van der Waals surface area contributed by atoms with E-state index < -0.39 is 22.8 Å². The molecule has 0 radical (unpaired) electrons. The van der Waals surface area contributed by atoms with Gasteiger partial charge in [-0.1, -0.05) is 11.6 Å². The van der Waals surface area contributed by atoms with Gasteiger partial charge in [-0.3, -0.25) is 4.79 Å². The Hall–Kier alpha value is -3.66. The second-order valence-electron chi connectivity index (χ2n) is 6.99. The van der Waals surface area contributed by atoms with E-state index >= 15 is 0 Å². The highest BCUT2D eigenvalue weighted by atomic mass is 35.5. The third kappa shape index (κ3) is 6.19. The minimum absolute atomic E-state index is 0.0583. The molecular weight excluding hydrogens is 461 g/mol. The second-order valence-corrected chi connectivity index (χ2v) is 7.40. The standard InChI is InChI=1S/C22H20ClF3N4O3/c1-27-20(31)19-12-16(9-10-30(19)2)33-15-6-3-13(4-7-15)28-21(32)29-14-5-8-18(23)17(11-14)22(24,25)26/h3-9,11-12H,10H2,1-2H3,(H,27,31)(H2,28,29,32). The van der Waals surface area contributed by atoms with Gasteiger partial charge in [-0.25, -0.2) is 4.79 Å². The van der Waals surface area contributed by atoms with Crippen LogP contribution in [0.5, 0.6) is 5.75 Å². The van der Waals surface area contributed by atoms with Gasteiger partial charge in [0, 0.05) is 38.1 Å². The number of alkyl halides is 3. The van der Waals surface area contributed by atoms with Crippen LogP contribution in [0.25, 0.3) is 0 Å². The molecule has 7 nitrogen and oxygen atoms in total. The number of nitrogens with one attached hydrogen (secondary N) is 3. The Kier molecular flexibility index (Phi) is 7.17. The molecule has 1 aliphatic rings. The first kappa shape index (κ1) is 24.0. The summed E-state index contributed by atoms with van der Waals surface area (Å²) in [6.07, 6.45) is -1.21. The van der Waals surface area contributed by atoms with Crippen LogP contribution in [0.3, 0.4) is 0 Å². The van der Waals surface area contributed by atoms with Crippen LogP contribution in [0.2, 0.25) is 5.02 Å². The van der Waals surface area contributed by atoms with Crippen LogP contribution in [0.1, 0.15) is 5.56 Å². The lowest BCUT2D eigenvalue weighted by atomic mass is 10.2. The number of likely N-dealkylation sites (N-methyl/N-ethyl adjacent to an activating group) is 2. The zero-order valence-electron chi connectivity index (χ0n) is 17.6. The molecule has 3 amide bonds. The van der Waals surface area contributed by atoms with Crippen molar-refractivity contribution in [3.63, 3.8) is 0 Å². The summed E-state index contributed by atoms with van der Waals surface area (Å²) in [5, 5.41) is 6.97. The summed E-state index contributed by atoms with van der Waals surface area (Å²) in [5.74, 6) is 0.727. The van der Waals surface area contributed by atoms with Crippen LogP contribution in [-0.2, 0) is 11.0 Å². The fraction of sp³-hybridized carbons (Fsp3) is 0.182. The summed E-state index contributed by atoms with van der Waals surface area (Å²) >= 11 is 5.58. The van der Waals surface area contributed by atoms with E-state index in [1.165, 1.54) is 6.07 Å². The van der Waals surface area contributed by atoms with Crippen molar-refractivity contribution in [2.45, 2.75) is 6.18 Å². The Labute approximate surface area is 192 Å². The Morgan fingerprint density at radius 3 is 2.33 bits per heavy atom. The molecule has 11 heteroatoms. The smallest absolute Gasteiger partial charge is 0.417 e. The van der Waals surface area contributed by atoms with Crippen LogP contribution in [0.4, 0.5) is 29.3 Å². The topological polar surface area (TPSA) is 82.7 Å². The molecule has 0 unspecified atom stereocenters. The maximum atomic E-state index is 13.0. The number of hydrogen-bond donors (Lipinski definition) is 3. The van der Waals surface area contributed by atoms with Crippen LogP contribution in [-0.4, -0.2) is 37.5 Å². The first-order valence-corrected chi connectivity index (χ1v) is 10.0. The van der Waals surface area contributed by atoms with Gasteiger partial charge in [0.05, 0.1) is 10.6 Å². The van der Waals surface area contributed by atoms with Gasteiger partial charge < -0.3 is 25.6 Å². The van der Waals surface area contributed by atoms with Crippen LogP contribution in [0.15, 0.2) is 66.1 Å². The number of amides is 3.